The van der Waals surface area contributed by atoms with Gasteiger partial charge in [-0.05, 0) is 99.1 Å². The number of phenols is 1. The van der Waals surface area contributed by atoms with Gasteiger partial charge < -0.3 is 14.9 Å². The van der Waals surface area contributed by atoms with Crippen molar-refractivity contribution in [2.75, 3.05) is 37.6 Å². The molecule has 5 heteroatoms. The van der Waals surface area contributed by atoms with Crippen molar-refractivity contribution in [3.63, 3.8) is 0 Å². The van der Waals surface area contributed by atoms with E-state index in [1.807, 2.05) is 18.3 Å². The van der Waals surface area contributed by atoms with Gasteiger partial charge in [-0.3, -0.25) is 4.98 Å². The van der Waals surface area contributed by atoms with Crippen LogP contribution >= 0.6 is 11.6 Å². The Morgan fingerprint density at radius 2 is 1.68 bits per heavy atom. The summed E-state index contributed by atoms with van der Waals surface area (Å²) >= 11 is 6.14. The second-order valence-corrected chi connectivity index (χ2v) is 9.40. The van der Waals surface area contributed by atoms with E-state index in [1.165, 1.54) is 62.8 Å². The fourth-order valence-electron chi connectivity index (χ4n) is 5.11. The molecule has 1 aromatic heterocycles. The van der Waals surface area contributed by atoms with Crippen LogP contribution in [0.2, 0.25) is 5.02 Å². The Balaban J connectivity index is 1.33. The van der Waals surface area contributed by atoms with Crippen molar-refractivity contribution in [1.82, 2.24) is 9.88 Å². The van der Waals surface area contributed by atoms with E-state index >= 15 is 0 Å². The van der Waals surface area contributed by atoms with Crippen molar-refractivity contribution < 1.29 is 5.11 Å². The minimum absolute atomic E-state index is 0.112. The first kappa shape index (κ1) is 20.6. The average molecular weight is 436 g/mol. The zero-order chi connectivity index (χ0) is 21.2. The van der Waals surface area contributed by atoms with E-state index in [-0.39, 0.29) is 5.75 Å². The largest absolute Gasteiger partial charge is 0.506 e. The molecule has 0 radical (unpaired) electrons. The molecule has 0 unspecified atom stereocenters. The molecule has 2 fully saturated rings. The maximum absolute atomic E-state index is 9.75. The number of fused-ring (bicyclic) bond motifs is 1. The zero-order valence-corrected chi connectivity index (χ0v) is 18.7. The van der Waals surface area contributed by atoms with Gasteiger partial charge in [-0.25, -0.2) is 0 Å². The lowest BCUT2D eigenvalue weighted by Gasteiger charge is -2.35. The van der Waals surface area contributed by atoms with Gasteiger partial charge in [0.2, 0.25) is 0 Å². The van der Waals surface area contributed by atoms with Gasteiger partial charge in [-0.1, -0.05) is 23.7 Å². The molecule has 3 heterocycles. The third-order valence-electron chi connectivity index (χ3n) is 7.01. The van der Waals surface area contributed by atoms with Gasteiger partial charge in [-0.2, -0.15) is 0 Å². The molecule has 31 heavy (non-hydrogen) atoms. The Morgan fingerprint density at radius 1 is 0.935 bits per heavy atom. The molecule has 0 saturated carbocycles. The summed E-state index contributed by atoms with van der Waals surface area (Å²) in [6.45, 7) is 6.10. The number of hydrogen-bond donors (Lipinski definition) is 1. The van der Waals surface area contributed by atoms with Crippen LogP contribution < -0.4 is 4.90 Å². The van der Waals surface area contributed by atoms with Gasteiger partial charge in [0.05, 0.1) is 10.5 Å². The van der Waals surface area contributed by atoms with Gasteiger partial charge >= 0.3 is 0 Å². The second kappa shape index (κ2) is 9.05. The van der Waals surface area contributed by atoms with E-state index in [4.69, 9.17) is 11.6 Å². The molecule has 0 aliphatic carbocycles. The average Bonchev–Trinajstić information content (AvgIpc) is 3.33. The Kier molecular flexibility index (Phi) is 6.02. The van der Waals surface area contributed by atoms with E-state index in [1.54, 1.807) is 6.07 Å². The number of nitrogens with zero attached hydrogens (tertiary/aromatic N) is 3. The minimum Gasteiger partial charge on any atom is -0.506 e. The van der Waals surface area contributed by atoms with E-state index in [2.05, 4.69) is 39.0 Å². The molecule has 2 saturated heterocycles. The van der Waals surface area contributed by atoms with E-state index in [9.17, 15) is 5.11 Å². The number of benzene rings is 2. The first-order valence-electron chi connectivity index (χ1n) is 11.5. The predicted octanol–water partition coefficient (Wildman–Crippen LogP) is 5.96. The molecule has 162 valence electrons. The van der Waals surface area contributed by atoms with Crippen molar-refractivity contribution in [2.24, 2.45) is 5.92 Å². The lowest BCUT2D eigenvalue weighted by atomic mass is 9.92. The SMILES string of the molecule is Oc1ccc(-c2ccc3nccc(N4CCC(CCN5CCCC5)CC4)c3c2)cc1Cl. The number of anilines is 1. The third kappa shape index (κ3) is 4.51. The summed E-state index contributed by atoms with van der Waals surface area (Å²) in [5.74, 6) is 0.959. The third-order valence-corrected chi connectivity index (χ3v) is 7.31. The van der Waals surface area contributed by atoms with Gasteiger partial charge in [0, 0.05) is 30.4 Å². The summed E-state index contributed by atoms with van der Waals surface area (Å²) < 4.78 is 0. The number of piperidine rings is 1. The monoisotopic (exact) mass is 435 g/mol. The normalized spacial score (nSPS) is 18.2. The number of hydrogen-bond acceptors (Lipinski definition) is 4. The van der Waals surface area contributed by atoms with Gasteiger partial charge in [-0.15, -0.1) is 0 Å². The van der Waals surface area contributed by atoms with E-state index in [0.29, 0.717) is 5.02 Å². The molecule has 0 amide bonds. The van der Waals surface area contributed by atoms with Gasteiger partial charge in [0.15, 0.2) is 0 Å². The molecule has 2 aliphatic rings. The molecule has 3 aromatic rings. The minimum atomic E-state index is 0.112. The predicted molar refractivity (Wildman–Crippen MR) is 129 cm³/mol. The first-order valence-corrected chi connectivity index (χ1v) is 11.9. The molecule has 2 aliphatic heterocycles. The Hall–Kier alpha value is -2.30. The second-order valence-electron chi connectivity index (χ2n) is 9.00. The van der Waals surface area contributed by atoms with Crippen LogP contribution in [0.3, 0.4) is 0 Å². The lowest BCUT2D eigenvalue weighted by Crippen LogP contribution is -2.35. The molecule has 4 nitrogen and oxygen atoms in total. The summed E-state index contributed by atoms with van der Waals surface area (Å²) in [7, 11) is 0. The van der Waals surface area contributed by atoms with E-state index in [0.717, 1.165) is 35.7 Å². The fraction of sp³-hybridized carbons (Fsp3) is 0.423. The van der Waals surface area contributed by atoms with Crippen LogP contribution in [0.1, 0.15) is 32.1 Å². The zero-order valence-electron chi connectivity index (χ0n) is 17.9. The number of phenolic OH excluding ortho intramolecular Hbond substituents is 1. The molecule has 2 aromatic carbocycles. The quantitative estimate of drug-likeness (QED) is 0.536. The molecule has 0 atom stereocenters. The molecule has 5 rings (SSSR count). The standard InChI is InChI=1S/C26H30ClN3O/c27-23-18-21(4-6-26(23)31)20-3-5-24-22(17-20)25(7-11-28-24)30-15-9-19(10-16-30)8-14-29-12-1-2-13-29/h3-7,11,17-19,31H,1-2,8-10,12-16H2. The lowest BCUT2D eigenvalue weighted by molar-refractivity contribution is 0.280. The van der Waals surface area contributed by atoms with Crippen molar-refractivity contribution in [3.05, 3.63) is 53.7 Å². The summed E-state index contributed by atoms with van der Waals surface area (Å²) in [6, 6.07) is 13.9. The van der Waals surface area contributed by atoms with Crippen LogP contribution in [0.5, 0.6) is 5.75 Å². The highest BCUT2D eigenvalue weighted by Gasteiger charge is 2.22. The van der Waals surface area contributed by atoms with Crippen LogP contribution in [-0.4, -0.2) is 47.7 Å². The van der Waals surface area contributed by atoms with Crippen LogP contribution in [0.15, 0.2) is 48.7 Å². The van der Waals surface area contributed by atoms with Crippen molar-refractivity contribution in [2.45, 2.75) is 32.1 Å². The summed E-state index contributed by atoms with van der Waals surface area (Å²) in [4.78, 5) is 9.76. The van der Waals surface area contributed by atoms with Crippen LogP contribution in [0, 0.1) is 5.92 Å². The highest BCUT2D eigenvalue weighted by molar-refractivity contribution is 6.32. The molecule has 0 spiro atoms. The smallest absolute Gasteiger partial charge is 0.134 e. The highest BCUT2D eigenvalue weighted by Crippen LogP contribution is 2.35. The number of rotatable bonds is 5. The van der Waals surface area contributed by atoms with Crippen LogP contribution in [-0.2, 0) is 0 Å². The number of aromatic hydroxyl groups is 1. The Labute approximate surface area is 189 Å². The summed E-state index contributed by atoms with van der Waals surface area (Å²) in [5.41, 5.74) is 4.38. The van der Waals surface area contributed by atoms with Gasteiger partial charge in [0.25, 0.3) is 0 Å². The van der Waals surface area contributed by atoms with Crippen molar-refractivity contribution in [3.8, 4) is 16.9 Å². The molecule has 1 N–H and O–H groups in total. The number of likely N-dealkylation sites (tertiary alicyclic amines) is 1. The number of pyridine rings is 1. The Bertz CT molecular complexity index is 1060. The van der Waals surface area contributed by atoms with Crippen LogP contribution in [0.4, 0.5) is 5.69 Å². The number of halogens is 1. The Morgan fingerprint density at radius 3 is 2.45 bits per heavy atom. The summed E-state index contributed by atoms with van der Waals surface area (Å²) in [6.07, 6.45) is 8.57. The maximum atomic E-state index is 9.75. The van der Waals surface area contributed by atoms with Crippen molar-refractivity contribution >= 4 is 28.2 Å². The molecular weight excluding hydrogens is 406 g/mol. The molecule has 0 bridgehead atoms. The van der Waals surface area contributed by atoms with E-state index < -0.39 is 0 Å². The summed E-state index contributed by atoms with van der Waals surface area (Å²) in [5, 5.41) is 11.3. The first-order chi connectivity index (χ1) is 15.2. The topological polar surface area (TPSA) is 39.6 Å². The van der Waals surface area contributed by atoms with Gasteiger partial charge in [0.1, 0.15) is 5.75 Å². The maximum Gasteiger partial charge on any atom is 0.134 e. The fourth-order valence-corrected chi connectivity index (χ4v) is 5.29. The molecular formula is C26H30ClN3O. The number of aromatic nitrogens is 1. The van der Waals surface area contributed by atoms with Crippen molar-refractivity contribution in [1.29, 1.82) is 0 Å². The highest BCUT2D eigenvalue weighted by atomic mass is 35.5. The van der Waals surface area contributed by atoms with Crippen LogP contribution in [0.25, 0.3) is 22.0 Å².